The lowest BCUT2D eigenvalue weighted by Crippen LogP contribution is -2.15. The van der Waals surface area contributed by atoms with E-state index < -0.39 is 17.0 Å². The SMILES string of the molecule is N.N.O=C(S)CC(C(=O)O)c1nc2ccccc2[nH]1. The molecule has 1 aromatic heterocycles. The molecule has 1 atom stereocenters. The first-order chi connectivity index (χ1) is 8.08. The molecular formula is C11H16N4O3S. The van der Waals surface area contributed by atoms with Gasteiger partial charge in [-0.2, -0.15) is 0 Å². The number of hydrogen-bond acceptors (Lipinski definition) is 5. The van der Waals surface area contributed by atoms with Crippen LogP contribution in [0.15, 0.2) is 24.3 Å². The lowest BCUT2D eigenvalue weighted by molar-refractivity contribution is -0.140. The summed E-state index contributed by atoms with van der Waals surface area (Å²) in [5, 5.41) is 8.58. The minimum Gasteiger partial charge on any atom is -0.481 e. The van der Waals surface area contributed by atoms with E-state index in [0.29, 0.717) is 5.52 Å². The number of aliphatic carboxylic acids is 1. The van der Waals surface area contributed by atoms with E-state index in [9.17, 15) is 9.59 Å². The Kier molecular flexibility index (Phi) is 6.19. The van der Waals surface area contributed by atoms with Crippen LogP contribution in [0.2, 0.25) is 0 Å². The van der Waals surface area contributed by atoms with Crippen LogP contribution in [0.4, 0.5) is 0 Å². The highest BCUT2D eigenvalue weighted by Gasteiger charge is 2.25. The Labute approximate surface area is 115 Å². The van der Waals surface area contributed by atoms with Gasteiger partial charge in [0.05, 0.1) is 11.0 Å². The van der Waals surface area contributed by atoms with Gasteiger partial charge in [0, 0.05) is 6.42 Å². The molecule has 7 nitrogen and oxygen atoms in total. The number of carboxylic acid groups (broad SMARTS) is 1. The molecule has 0 bridgehead atoms. The Bertz CT molecular complexity index is 551. The Hall–Kier alpha value is -1.90. The number of nitrogens with zero attached hydrogens (tertiary/aromatic N) is 1. The fraction of sp³-hybridized carbons (Fsp3) is 0.182. The number of thiol groups is 1. The van der Waals surface area contributed by atoms with Crippen LogP contribution >= 0.6 is 12.6 Å². The van der Waals surface area contributed by atoms with Crippen molar-refractivity contribution in [1.82, 2.24) is 22.3 Å². The average molecular weight is 284 g/mol. The van der Waals surface area contributed by atoms with E-state index in [1.807, 2.05) is 12.1 Å². The van der Waals surface area contributed by atoms with E-state index >= 15 is 0 Å². The summed E-state index contributed by atoms with van der Waals surface area (Å²) >= 11 is 3.60. The number of carboxylic acids is 1. The predicted octanol–water partition coefficient (Wildman–Crippen LogP) is 1.90. The molecule has 1 aromatic carbocycles. The second-order valence-corrected chi connectivity index (χ2v) is 4.13. The Morgan fingerprint density at radius 2 is 1.95 bits per heavy atom. The molecule has 1 heterocycles. The van der Waals surface area contributed by atoms with E-state index in [4.69, 9.17) is 5.11 Å². The maximum atomic E-state index is 11.1. The number of H-pyrrole nitrogens is 1. The molecule has 8 heteroatoms. The van der Waals surface area contributed by atoms with Crippen LogP contribution < -0.4 is 12.3 Å². The standard InChI is InChI=1S/C11H10N2O3S.2H3N/c14-9(17)5-6(11(15)16)10-12-7-3-1-2-4-8(7)13-10;;/h1-4,6H,5H2,(H,12,13)(H,14,17)(H,15,16);2*1H3. The zero-order valence-corrected chi connectivity index (χ0v) is 11.1. The third-order valence-electron chi connectivity index (χ3n) is 2.41. The Balaban J connectivity index is 0.00000162. The molecule has 19 heavy (non-hydrogen) atoms. The normalized spacial score (nSPS) is 11.2. The van der Waals surface area contributed by atoms with Gasteiger partial charge in [0.15, 0.2) is 5.12 Å². The van der Waals surface area contributed by atoms with Crippen molar-refractivity contribution in [2.75, 3.05) is 0 Å². The maximum absolute atomic E-state index is 11.1. The first kappa shape index (κ1) is 17.1. The predicted molar refractivity (Wildman–Crippen MR) is 75.1 cm³/mol. The first-order valence-electron chi connectivity index (χ1n) is 4.97. The van der Waals surface area contributed by atoms with E-state index in [0.717, 1.165) is 5.52 Å². The Morgan fingerprint density at radius 3 is 2.47 bits per heavy atom. The molecule has 0 fully saturated rings. The quantitative estimate of drug-likeness (QED) is 0.540. The minimum absolute atomic E-state index is 0. The molecule has 104 valence electrons. The smallest absolute Gasteiger partial charge is 0.314 e. The van der Waals surface area contributed by atoms with Gasteiger partial charge in [-0.15, -0.1) is 12.6 Å². The van der Waals surface area contributed by atoms with Gasteiger partial charge in [0.2, 0.25) is 0 Å². The number of benzene rings is 1. The molecule has 0 spiro atoms. The molecule has 0 aliphatic heterocycles. The summed E-state index contributed by atoms with van der Waals surface area (Å²) in [5.41, 5.74) is 1.43. The number of para-hydroxylation sites is 2. The summed E-state index contributed by atoms with van der Waals surface area (Å²) in [5.74, 6) is -1.79. The number of fused-ring (bicyclic) bond motifs is 1. The van der Waals surface area contributed by atoms with Crippen molar-refractivity contribution in [3.8, 4) is 0 Å². The van der Waals surface area contributed by atoms with Crippen molar-refractivity contribution >= 4 is 34.7 Å². The maximum Gasteiger partial charge on any atom is 0.314 e. The molecule has 0 saturated carbocycles. The second kappa shape index (κ2) is 6.88. The van der Waals surface area contributed by atoms with E-state index in [1.165, 1.54) is 0 Å². The van der Waals surface area contributed by atoms with E-state index in [-0.39, 0.29) is 24.5 Å². The van der Waals surface area contributed by atoms with Gasteiger partial charge in [0.1, 0.15) is 11.7 Å². The Morgan fingerprint density at radius 1 is 1.32 bits per heavy atom. The lowest BCUT2D eigenvalue weighted by atomic mass is 10.1. The highest BCUT2D eigenvalue weighted by atomic mass is 32.1. The topological polar surface area (TPSA) is 153 Å². The second-order valence-electron chi connectivity index (χ2n) is 3.63. The lowest BCUT2D eigenvalue weighted by Gasteiger charge is -2.05. The van der Waals surface area contributed by atoms with Crippen LogP contribution in [0.5, 0.6) is 0 Å². The fourth-order valence-corrected chi connectivity index (χ4v) is 1.80. The van der Waals surface area contributed by atoms with Crippen molar-refractivity contribution in [2.45, 2.75) is 12.3 Å². The molecule has 0 saturated heterocycles. The molecule has 0 amide bonds. The molecule has 2 aromatic rings. The van der Waals surface area contributed by atoms with Gasteiger partial charge >= 0.3 is 5.97 Å². The largest absolute Gasteiger partial charge is 0.481 e. The fourth-order valence-electron chi connectivity index (χ4n) is 1.61. The summed E-state index contributed by atoms with van der Waals surface area (Å²) in [6.07, 6.45) is -0.182. The van der Waals surface area contributed by atoms with Crippen LogP contribution in [0.25, 0.3) is 11.0 Å². The van der Waals surface area contributed by atoms with Crippen molar-refractivity contribution in [1.29, 1.82) is 0 Å². The third-order valence-corrected chi connectivity index (χ3v) is 2.60. The van der Waals surface area contributed by atoms with Gasteiger partial charge in [-0.1, -0.05) is 12.1 Å². The molecule has 8 N–H and O–H groups in total. The van der Waals surface area contributed by atoms with E-state index in [1.54, 1.807) is 12.1 Å². The number of rotatable bonds is 4. The van der Waals surface area contributed by atoms with Crippen LogP contribution in [0, 0.1) is 0 Å². The van der Waals surface area contributed by atoms with Gasteiger partial charge in [-0.3, -0.25) is 9.59 Å². The highest BCUT2D eigenvalue weighted by molar-refractivity contribution is 7.96. The number of aromatic nitrogens is 2. The van der Waals surface area contributed by atoms with Crippen LogP contribution in [0.3, 0.4) is 0 Å². The summed E-state index contributed by atoms with van der Waals surface area (Å²) in [6, 6.07) is 7.21. The third kappa shape index (κ3) is 3.78. The van der Waals surface area contributed by atoms with Gasteiger partial charge in [-0.25, -0.2) is 4.98 Å². The van der Waals surface area contributed by atoms with Crippen molar-refractivity contribution in [3.05, 3.63) is 30.1 Å². The summed E-state index contributed by atoms with van der Waals surface area (Å²) in [7, 11) is 0. The van der Waals surface area contributed by atoms with E-state index in [2.05, 4.69) is 22.6 Å². The zero-order chi connectivity index (χ0) is 12.4. The van der Waals surface area contributed by atoms with Crippen LogP contribution in [-0.4, -0.2) is 26.2 Å². The average Bonchev–Trinajstić information content (AvgIpc) is 2.68. The molecule has 0 aliphatic rings. The van der Waals surface area contributed by atoms with Gasteiger partial charge in [0.25, 0.3) is 0 Å². The molecule has 1 unspecified atom stereocenters. The first-order valence-corrected chi connectivity index (χ1v) is 5.42. The van der Waals surface area contributed by atoms with Crippen LogP contribution in [-0.2, 0) is 9.59 Å². The molecule has 0 radical (unpaired) electrons. The highest BCUT2D eigenvalue weighted by Crippen LogP contribution is 2.21. The number of aromatic amines is 1. The van der Waals surface area contributed by atoms with Gasteiger partial charge in [-0.05, 0) is 12.1 Å². The number of hydrogen-bond donors (Lipinski definition) is 5. The molecule has 2 rings (SSSR count). The monoisotopic (exact) mass is 284 g/mol. The molecule has 0 aliphatic carbocycles. The van der Waals surface area contributed by atoms with Crippen LogP contribution in [0.1, 0.15) is 18.2 Å². The van der Waals surface area contributed by atoms with Crippen molar-refractivity contribution in [2.24, 2.45) is 0 Å². The number of carbonyl (C=O) groups excluding carboxylic acids is 1. The zero-order valence-electron chi connectivity index (χ0n) is 10.2. The number of nitrogens with one attached hydrogen (secondary N) is 1. The molecular weight excluding hydrogens is 268 g/mol. The summed E-state index contributed by atoms with van der Waals surface area (Å²) in [6.45, 7) is 0. The summed E-state index contributed by atoms with van der Waals surface area (Å²) in [4.78, 5) is 29.0. The van der Waals surface area contributed by atoms with Gasteiger partial charge < -0.3 is 22.4 Å². The summed E-state index contributed by atoms with van der Waals surface area (Å²) < 4.78 is 0. The van der Waals surface area contributed by atoms with Crippen molar-refractivity contribution in [3.63, 3.8) is 0 Å². The van der Waals surface area contributed by atoms with Crippen molar-refractivity contribution < 1.29 is 14.7 Å². The number of carbonyl (C=O) groups is 2. The minimum atomic E-state index is -1.09. The number of imidazole rings is 1.